The van der Waals surface area contributed by atoms with Crippen LogP contribution < -0.4 is 10.1 Å². The first-order valence-electron chi connectivity index (χ1n) is 7.75. The van der Waals surface area contributed by atoms with Gasteiger partial charge in [0, 0.05) is 13.6 Å². The molecule has 0 atom stereocenters. The monoisotopic (exact) mass is 362 g/mol. The molecule has 2 rings (SSSR count). The largest absolute Gasteiger partial charge is 0.497 e. The molecule has 2 aromatic carbocycles. The summed E-state index contributed by atoms with van der Waals surface area (Å²) in [7, 11) is -0.843. The van der Waals surface area contributed by atoms with Crippen molar-refractivity contribution in [3.63, 3.8) is 0 Å². The molecule has 0 saturated heterocycles. The van der Waals surface area contributed by atoms with Gasteiger partial charge in [0.25, 0.3) is 0 Å². The molecule has 1 amide bonds. The van der Waals surface area contributed by atoms with Gasteiger partial charge in [-0.2, -0.15) is 4.31 Å². The Kier molecular flexibility index (Phi) is 6.17. The smallest absolute Gasteiger partial charge is 0.243 e. The third-order valence-electron chi connectivity index (χ3n) is 3.71. The summed E-state index contributed by atoms with van der Waals surface area (Å²) in [6.45, 7) is 2.08. The Morgan fingerprint density at radius 3 is 2.44 bits per heavy atom. The van der Waals surface area contributed by atoms with Gasteiger partial charge in [0.1, 0.15) is 5.75 Å². The van der Waals surface area contributed by atoms with Crippen LogP contribution in [0.15, 0.2) is 53.4 Å². The van der Waals surface area contributed by atoms with Gasteiger partial charge in [-0.3, -0.25) is 4.79 Å². The molecule has 25 heavy (non-hydrogen) atoms. The molecule has 0 aliphatic carbocycles. The third-order valence-corrected chi connectivity index (χ3v) is 5.52. The lowest BCUT2D eigenvalue weighted by Crippen LogP contribution is -2.38. The maximum atomic E-state index is 12.5. The molecule has 0 fully saturated rings. The summed E-state index contributed by atoms with van der Waals surface area (Å²) in [6, 6.07) is 13.8. The van der Waals surface area contributed by atoms with Crippen molar-refractivity contribution in [3.05, 3.63) is 59.7 Å². The fraction of sp³-hybridized carbons (Fsp3) is 0.278. The second-order valence-electron chi connectivity index (χ2n) is 5.70. The van der Waals surface area contributed by atoms with Gasteiger partial charge in [0.05, 0.1) is 18.6 Å². The molecular formula is C18H22N2O4S. The zero-order chi connectivity index (χ0) is 18.4. The van der Waals surface area contributed by atoms with Crippen LogP contribution in [0.25, 0.3) is 0 Å². The van der Waals surface area contributed by atoms with Crippen LogP contribution in [0, 0.1) is 6.92 Å². The molecule has 1 N–H and O–H groups in total. The van der Waals surface area contributed by atoms with Gasteiger partial charge in [-0.05, 0) is 36.8 Å². The van der Waals surface area contributed by atoms with Gasteiger partial charge >= 0.3 is 0 Å². The molecule has 0 unspecified atom stereocenters. The van der Waals surface area contributed by atoms with Crippen LogP contribution in [0.3, 0.4) is 0 Å². The molecule has 2 aromatic rings. The van der Waals surface area contributed by atoms with E-state index in [9.17, 15) is 13.2 Å². The summed E-state index contributed by atoms with van der Waals surface area (Å²) in [5.41, 5.74) is 2.07. The van der Waals surface area contributed by atoms with Crippen LogP contribution in [-0.4, -0.2) is 39.3 Å². The summed E-state index contributed by atoms with van der Waals surface area (Å²) in [4.78, 5) is 12.2. The van der Waals surface area contributed by atoms with Crippen molar-refractivity contribution >= 4 is 15.9 Å². The van der Waals surface area contributed by atoms with E-state index in [1.54, 1.807) is 12.1 Å². The fourth-order valence-corrected chi connectivity index (χ4v) is 3.42. The Labute approximate surface area is 148 Å². The van der Waals surface area contributed by atoms with Crippen molar-refractivity contribution in [2.24, 2.45) is 0 Å². The minimum atomic E-state index is -3.73. The number of amides is 1. The molecule has 0 aliphatic heterocycles. The van der Waals surface area contributed by atoms with Gasteiger partial charge in [0.2, 0.25) is 15.9 Å². The number of carbonyl (C=O) groups excluding carboxylic acids is 1. The minimum absolute atomic E-state index is 0.113. The van der Waals surface area contributed by atoms with Crippen LogP contribution in [0.2, 0.25) is 0 Å². The topological polar surface area (TPSA) is 75.7 Å². The first-order valence-corrected chi connectivity index (χ1v) is 9.19. The van der Waals surface area contributed by atoms with Crippen molar-refractivity contribution in [1.82, 2.24) is 9.62 Å². The first-order chi connectivity index (χ1) is 11.8. The lowest BCUT2D eigenvalue weighted by atomic mass is 10.1. The number of carbonyl (C=O) groups is 1. The third kappa shape index (κ3) is 5.04. The van der Waals surface area contributed by atoms with Crippen LogP contribution in [-0.2, 0) is 21.4 Å². The fourth-order valence-electron chi connectivity index (χ4n) is 2.29. The lowest BCUT2D eigenvalue weighted by molar-refractivity contribution is -0.121. The molecule has 0 bridgehead atoms. The van der Waals surface area contributed by atoms with E-state index in [4.69, 9.17) is 4.74 Å². The van der Waals surface area contributed by atoms with E-state index in [2.05, 4.69) is 5.32 Å². The predicted molar refractivity (Wildman–Crippen MR) is 95.8 cm³/mol. The normalized spacial score (nSPS) is 11.4. The summed E-state index contributed by atoms with van der Waals surface area (Å²) >= 11 is 0. The van der Waals surface area contributed by atoms with E-state index in [1.165, 1.54) is 26.3 Å². The van der Waals surface area contributed by atoms with E-state index in [0.717, 1.165) is 15.4 Å². The van der Waals surface area contributed by atoms with Gasteiger partial charge in [-0.25, -0.2) is 8.42 Å². The number of ether oxygens (including phenoxy) is 1. The Hall–Kier alpha value is -2.38. The molecule has 0 spiro atoms. The molecule has 7 heteroatoms. The Balaban J connectivity index is 1.97. The van der Waals surface area contributed by atoms with Crippen LogP contribution in [0.4, 0.5) is 0 Å². The average Bonchev–Trinajstić information content (AvgIpc) is 2.60. The standard InChI is InChI=1S/C18H22N2O4S/c1-14-5-4-6-15(11-14)12-19-18(21)13-20(2)25(22,23)17-9-7-16(24-3)8-10-17/h4-11H,12-13H2,1-3H3,(H,19,21). The highest BCUT2D eigenvalue weighted by atomic mass is 32.2. The second-order valence-corrected chi connectivity index (χ2v) is 7.75. The highest BCUT2D eigenvalue weighted by Gasteiger charge is 2.22. The molecule has 0 radical (unpaired) electrons. The van der Waals surface area contributed by atoms with Crippen molar-refractivity contribution in [2.45, 2.75) is 18.4 Å². The molecule has 0 aliphatic rings. The Bertz CT molecular complexity index is 832. The predicted octanol–water partition coefficient (Wildman–Crippen LogP) is 1.94. The van der Waals surface area contributed by atoms with E-state index in [1.807, 2.05) is 31.2 Å². The Morgan fingerprint density at radius 2 is 1.84 bits per heavy atom. The molecule has 134 valence electrons. The second kappa shape index (κ2) is 8.13. The quantitative estimate of drug-likeness (QED) is 0.817. The number of hydrogen-bond donors (Lipinski definition) is 1. The molecule has 6 nitrogen and oxygen atoms in total. The van der Waals surface area contributed by atoms with Crippen LogP contribution >= 0.6 is 0 Å². The average molecular weight is 362 g/mol. The lowest BCUT2D eigenvalue weighted by Gasteiger charge is -2.17. The number of aryl methyl sites for hydroxylation is 1. The SMILES string of the molecule is COc1ccc(S(=O)(=O)N(C)CC(=O)NCc2cccc(C)c2)cc1. The van der Waals surface area contributed by atoms with Gasteiger partial charge in [0.15, 0.2) is 0 Å². The van der Waals surface area contributed by atoms with Gasteiger partial charge in [-0.15, -0.1) is 0 Å². The van der Waals surface area contributed by atoms with E-state index < -0.39 is 10.0 Å². The zero-order valence-corrected chi connectivity index (χ0v) is 15.3. The maximum absolute atomic E-state index is 12.5. The highest BCUT2D eigenvalue weighted by molar-refractivity contribution is 7.89. The van der Waals surface area contributed by atoms with Crippen LogP contribution in [0.5, 0.6) is 5.75 Å². The van der Waals surface area contributed by atoms with Crippen molar-refractivity contribution in [3.8, 4) is 5.75 Å². The first kappa shape index (κ1) is 19.0. The number of methoxy groups -OCH3 is 1. The minimum Gasteiger partial charge on any atom is -0.497 e. The summed E-state index contributed by atoms with van der Waals surface area (Å²) in [5.74, 6) is 0.207. The number of nitrogens with one attached hydrogen (secondary N) is 1. The van der Waals surface area contributed by atoms with E-state index in [-0.39, 0.29) is 17.3 Å². The van der Waals surface area contributed by atoms with E-state index in [0.29, 0.717) is 12.3 Å². The number of rotatable bonds is 7. The molecular weight excluding hydrogens is 340 g/mol. The Morgan fingerprint density at radius 1 is 1.16 bits per heavy atom. The van der Waals surface area contributed by atoms with Gasteiger partial charge in [-0.1, -0.05) is 29.8 Å². The van der Waals surface area contributed by atoms with E-state index >= 15 is 0 Å². The zero-order valence-electron chi connectivity index (χ0n) is 14.5. The van der Waals surface area contributed by atoms with Crippen LogP contribution in [0.1, 0.15) is 11.1 Å². The number of nitrogens with zero attached hydrogens (tertiary/aromatic N) is 1. The number of hydrogen-bond acceptors (Lipinski definition) is 4. The number of sulfonamides is 1. The molecule has 0 aromatic heterocycles. The summed E-state index contributed by atoms with van der Waals surface area (Å²) in [5, 5.41) is 2.73. The van der Waals surface area contributed by atoms with Crippen molar-refractivity contribution in [2.75, 3.05) is 20.7 Å². The van der Waals surface area contributed by atoms with Crippen molar-refractivity contribution < 1.29 is 17.9 Å². The summed E-state index contributed by atoms with van der Waals surface area (Å²) in [6.07, 6.45) is 0. The molecule has 0 heterocycles. The van der Waals surface area contributed by atoms with Crippen molar-refractivity contribution in [1.29, 1.82) is 0 Å². The highest BCUT2D eigenvalue weighted by Crippen LogP contribution is 2.18. The molecule has 0 saturated carbocycles. The summed E-state index contributed by atoms with van der Waals surface area (Å²) < 4.78 is 31.0. The number of likely N-dealkylation sites (N-methyl/N-ethyl adjacent to an activating group) is 1. The maximum Gasteiger partial charge on any atom is 0.243 e. The number of benzene rings is 2. The van der Waals surface area contributed by atoms with Gasteiger partial charge < -0.3 is 10.1 Å².